The van der Waals surface area contributed by atoms with Crippen LogP contribution in [0.5, 0.6) is 0 Å². The molecule has 0 bridgehead atoms. The Morgan fingerprint density at radius 2 is 1.89 bits per heavy atom. The third-order valence-electron chi connectivity index (χ3n) is 2.23. The molecule has 0 saturated heterocycles. The number of carbonyl (C=O) groups excluding carboxylic acids is 1. The van der Waals surface area contributed by atoms with Gasteiger partial charge in [0, 0.05) is 19.3 Å². The number of nitrogens with zero attached hydrogens (tertiary/aromatic N) is 1. The lowest BCUT2D eigenvalue weighted by Crippen LogP contribution is -2.17. The van der Waals surface area contributed by atoms with Crippen LogP contribution in [0.2, 0.25) is 0 Å². The minimum absolute atomic E-state index is 0.0675. The van der Waals surface area contributed by atoms with Gasteiger partial charge in [0.1, 0.15) is 0 Å². The summed E-state index contributed by atoms with van der Waals surface area (Å²) in [6.07, 6.45) is 12.1. The summed E-state index contributed by atoms with van der Waals surface area (Å²) in [6, 6.07) is 9.72. The van der Waals surface area contributed by atoms with Crippen molar-refractivity contribution >= 4 is 12.0 Å². The van der Waals surface area contributed by atoms with Gasteiger partial charge in [0.25, 0.3) is 0 Å². The molecule has 0 atom stereocenters. The van der Waals surface area contributed by atoms with Crippen molar-refractivity contribution in [3.8, 4) is 0 Å². The van der Waals surface area contributed by atoms with Gasteiger partial charge in [0.05, 0.1) is 0 Å². The summed E-state index contributed by atoms with van der Waals surface area (Å²) in [5, 5.41) is 0. The molecule has 0 aliphatic rings. The van der Waals surface area contributed by atoms with E-state index < -0.39 is 0 Å². The SMILES string of the molecule is C=C/C=C\C=C\N(C)C(=O)/C=C/c1ccccc1. The number of benzene rings is 1. The Morgan fingerprint density at radius 3 is 2.56 bits per heavy atom. The lowest BCUT2D eigenvalue weighted by molar-refractivity contribution is -0.122. The summed E-state index contributed by atoms with van der Waals surface area (Å²) in [5.74, 6) is -0.0675. The molecule has 0 fully saturated rings. The first kappa shape index (κ1) is 13.7. The number of allylic oxidation sites excluding steroid dienone is 4. The van der Waals surface area contributed by atoms with E-state index in [0.717, 1.165) is 5.56 Å². The Labute approximate surface area is 108 Å². The molecular weight excluding hydrogens is 222 g/mol. The molecule has 1 aromatic rings. The van der Waals surface area contributed by atoms with Gasteiger partial charge in [-0.25, -0.2) is 0 Å². The Morgan fingerprint density at radius 1 is 1.17 bits per heavy atom. The van der Waals surface area contributed by atoms with E-state index in [4.69, 9.17) is 0 Å². The van der Waals surface area contributed by atoms with E-state index >= 15 is 0 Å². The zero-order chi connectivity index (χ0) is 13.2. The van der Waals surface area contributed by atoms with Gasteiger partial charge in [-0.3, -0.25) is 4.79 Å². The van der Waals surface area contributed by atoms with E-state index in [1.54, 1.807) is 43.6 Å². The van der Waals surface area contributed by atoms with Crippen LogP contribution >= 0.6 is 0 Å². The summed E-state index contributed by atoms with van der Waals surface area (Å²) in [4.78, 5) is 13.2. The third kappa shape index (κ3) is 5.12. The fraction of sp³-hybridized carbons (Fsp3) is 0.0625. The van der Waals surface area contributed by atoms with Crippen molar-refractivity contribution < 1.29 is 4.79 Å². The summed E-state index contributed by atoms with van der Waals surface area (Å²) in [6.45, 7) is 3.56. The van der Waals surface area contributed by atoms with E-state index in [2.05, 4.69) is 6.58 Å². The minimum atomic E-state index is -0.0675. The fourth-order valence-electron chi connectivity index (χ4n) is 1.24. The normalized spacial score (nSPS) is 11.4. The first-order chi connectivity index (χ1) is 8.74. The number of carbonyl (C=O) groups is 1. The number of likely N-dealkylation sites (N-methyl/N-ethyl adjacent to an activating group) is 1. The van der Waals surface area contributed by atoms with Crippen LogP contribution in [0.1, 0.15) is 5.56 Å². The highest BCUT2D eigenvalue weighted by molar-refractivity contribution is 5.92. The molecule has 0 saturated carbocycles. The number of rotatable bonds is 5. The highest BCUT2D eigenvalue weighted by Crippen LogP contribution is 2.01. The van der Waals surface area contributed by atoms with Crippen molar-refractivity contribution in [1.82, 2.24) is 4.90 Å². The molecule has 0 aliphatic carbocycles. The first-order valence-electron chi connectivity index (χ1n) is 5.70. The average Bonchev–Trinajstić information content (AvgIpc) is 2.42. The van der Waals surface area contributed by atoms with Gasteiger partial charge in [0.2, 0.25) is 5.91 Å². The molecule has 0 spiro atoms. The van der Waals surface area contributed by atoms with E-state index in [-0.39, 0.29) is 5.91 Å². The lowest BCUT2D eigenvalue weighted by atomic mass is 10.2. The molecular formula is C16H17NO. The second kappa shape index (κ2) is 7.85. The Balaban J connectivity index is 2.55. The molecule has 2 nitrogen and oxygen atoms in total. The van der Waals surface area contributed by atoms with Gasteiger partial charge in [-0.15, -0.1) is 0 Å². The van der Waals surface area contributed by atoms with E-state index in [1.165, 1.54) is 4.90 Å². The van der Waals surface area contributed by atoms with Crippen molar-refractivity contribution in [2.75, 3.05) is 7.05 Å². The molecule has 0 unspecified atom stereocenters. The minimum Gasteiger partial charge on any atom is -0.319 e. The van der Waals surface area contributed by atoms with Crippen molar-refractivity contribution in [3.63, 3.8) is 0 Å². The summed E-state index contributed by atoms with van der Waals surface area (Å²) >= 11 is 0. The van der Waals surface area contributed by atoms with Crippen molar-refractivity contribution in [1.29, 1.82) is 0 Å². The van der Waals surface area contributed by atoms with Crippen LogP contribution in [-0.4, -0.2) is 17.9 Å². The average molecular weight is 239 g/mol. The Hall–Kier alpha value is -2.35. The molecule has 0 heterocycles. The summed E-state index contributed by atoms with van der Waals surface area (Å²) in [5.41, 5.74) is 1.01. The molecule has 18 heavy (non-hydrogen) atoms. The fourth-order valence-corrected chi connectivity index (χ4v) is 1.24. The standard InChI is InChI=1S/C16H17NO/c1-3-4-5-9-14-17(2)16(18)13-12-15-10-7-6-8-11-15/h3-14H,1H2,2H3/b5-4-,13-12+,14-9+. The Kier molecular flexibility index (Phi) is 5.98. The molecule has 2 heteroatoms. The van der Waals surface area contributed by atoms with E-state index in [9.17, 15) is 4.79 Å². The van der Waals surface area contributed by atoms with E-state index in [1.807, 2.05) is 36.4 Å². The van der Waals surface area contributed by atoms with Gasteiger partial charge in [-0.05, 0) is 17.7 Å². The third-order valence-corrected chi connectivity index (χ3v) is 2.23. The maximum atomic E-state index is 11.7. The van der Waals surface area contributed by atoms with Gasteiger partial charge < -0.3 is 4.90 Å². The first-order valence-corrected chi connectivity index (χ1v) is 5.70. The summed E-state index contributed by atoms with van der Waals surface area (Å²) < 4.78 is 0. The van der Waals surface area contributed by atoms with Gasteiger partial charge >= 0.3 is 0 Å². The zero-order valence-corrected chi connectivity index (χ0v) is 10.5. The van der Waals surface area contributed by atoms with Crippen molar-refractivity contribution in [2.45, 2.75) is 0 Å². The highest BCUT2D eigenvalue weighted by atomic mass is 16.2. The molecule has 1 rings (SSSR count). The Bertz CT molecular complexity index is 469. The molecule has 92 valence electrons. The molecule has 1 aromatic carbocycles. The van der Waals surface area contributed by atoms with Crippen LogP contribution in [0.4, 0.5) is 0 Å². The van der Waals surface area contributed by atoms with Crippen LogP contribution in [0.25, 0.3) is 6.08 Å². The maximum absolute atomic E-state index is 11.7. The monoisotopic (exact) mass is 239 g/mol. The number of hydrogen-bond donors (Lipinski definition) is 0. The molecule has 0 N–H and O–H groups in total. The summed E-state index contributed by atoms with van der Waals surface area (Å²) in [7, 11) is 1.72. The number of hydrogen-bond acceptors (Lipinski definition) is 1. The van der Waals surface area contributed by atoms with E-state index in [0.29, 0.717) is 0 Å². The highest BCUT2D eigenvalue weighted by Gasteiger charge is 1.98. The molecule has 0 aromatic heterocycles. The quantitative estimate of drug-likeness (QED) is 0.569. The second-order valence-corrected chi connectivity index (χ2v) is 3.66. The van der Waals surface area contributed by atoms with Crippen LogP contribution < -0.4 is 0 Å². The molecule has 0 aliphatic heterocycles. The van der Waals surface area contributed by atoms with Gasteiger partial charge in [-0.2, -0.15) is 0 Å². The van der Waals surface area contributed by atoms with Gasteiger partial charge in [-0.1, -0.05) is 55.1 Å². The van der Waals surface area contributed by atoms with Crippen LogP contribution in [0.15, 0.2) is 73.5 Å². The van der Waals surface area contributed by atoms with Crippen molar-refractivity contribution in [2.24, 2.45) is 0 Å². The molecule has 0 radical (unpaired) electrons. The zero-order valence-electron chi connectivity index (χ0n) is 10.5. The van der Waals surface area contributed by atoms with Crippen LogP contribution in [0, 0.1) is 0 Å². The van der Waals surface area contributed by atoms with Crippen LogP contribution in [-0.2, 0) is 4.79 Å². The smallest absolute Gasteiger partial charge is 0.250 e. The second-order valence-electron chi connectivity index (χ2n) is 3.66. The van der Waals surface area contributed by atoms with Crippen LogP contribution in [0.3, 0.4) is 0 Å². The topological polar surface area (TPSA) is 20.3 Å². The predicted octanol–water partition coefficient (Wildman–Crippen LogP) is 3.41. The lowest BCUT2D eigenvalue weighted by Gasteiger charge is -2.07. The maximum Gasteiger partial charge on any atom is 0.250 e. The van der Waals surface area contributed by atoms with Gasteiger partial charge in [0.15, 0.2) is 0 Å². The number of amides is 1. The largest absolute Gasteiger partial charge is 0.319 e. The molecule has 1 amide bonds. The predicted molar refractivity (Wildman–Crippen MR) is 76.7 cm³/mol. The van der Waals surface area contributed by atoms with Crippen molar-refractivity contribution in [3.05, 3.63) is 79.1 Å².